The molecule has 0 aromatic heterocycles. The molecular formula is C16H23NO. The zero-order chi connectivity index (χ0) is 13.1. The summed E-state index contributed by atoms with van der Waals surface area (Å²) >= 11 is 0. The molecule has 1 aromatic rings. The van der Waals surface area contributed by atoms with Gasteiger partial charge in [-0.1, -0.05) is 38.1 Å². The van der Waals surface area contributed by atoms with Crippen molar-refractivity contribution in [3.8, 4) is 0 Å². The van der Waals surface area contributed by atoms with Crippen molar-refractivity contribution in [1.82, 2.24) is 4.90 Å². The molecule has 1 amide bonds. The molecule has 1 aliphatic heterocycles. The zero-order valence-corrected chi connectivity index (χ0v) is 11.6. The number of amides is 1. The Labute approximate surface area is 110 Å². The Kier molecular flexibility index (Phi) is 4.05. The predicted octanol–water partition coefficient (Wildman–Crippen LogP) is 3.36. The van der Waals surface area contributed by atoms with Crippen LogP contribution in [-0.2, 0) is 4.79 Å². The smallest absolute Gasteiger partial charge is 0.222 e. The average molecular weight is 245 g/mol. The summed E-state index contributed by atoms with van der Waals surface area (Å²) in [6.45, 7) is 8.19. The van der Waals surface area contributed by atoms with Crippen LogP contribution in [0.3, 0.4) is 0 Å². The van der Waals surface area contributed by atoms with Crippen LogP contribution in [0.1, 0.15) is 43.7 Å². The minimum absolute atomic E-state index is 0.320. The summed E-state index contributed by atoms with van der Waals surface area (Å²) in [5.41, 5.74) is 2.76. The maximum absolute atomic E-state index is 12.0. The second kappa shape index (κ2) is 5.55. The molecule has 0 radical (unpaired) electrons. The molecule has 1 aromatic carbocycles. The SMILES string of the molecule is Cc1ccccc1C1CCN(C(=O)CC(C)C)C1. The average Bonchev–Trinajstić information content (AvgIpc) is 2.78. The van der Waals surface area contributed by atoms with Crippen LogP contribution in [0.5, 0.6) is 0 Å². The predicted molar refractivity (Wildman–Crippen MR) is 74.6 cm³/mol. The van der Waals surface area contributed by atoms with Gasteiger partial charge in [0.1, 0.15) is 0 Å². The van der Waals surface area contributed by atoms with Crippen molar-refractivity contribution in [3.05, 3.63) is 35.4 Å². The molecule has 2 rings (SSSR count). The van der Waals surface area contributed by atoms with Crippen LogP contribution in [0.4, 0.5) is 0 Å². The van der Waals surface area contributed by atoms with E-state index in [2.05, 4.69) is 45.0 Å². The Morgan fingerprint density at radius 1 is 1.39 bits per heavy atom. The van der Waals surface area contributed by atoms with E-state index < -0.39 is 0 Å². The zero-order valence-electron chi connectivity index (χ0n) is 11.6. The van der Waals surface area contributed by atoms with Gasteiger partial charge in [-0.05, 0) is 30.4 Å². The Balaban J connectivity index is 2.01. The van der Waals surface area contributed by atoms with Crippen LogP contribution >= 0.6 is 0 Å². The summed E-state index contributed by atoms with van der Waals surface area (Å²) in [6.07, 6.45) is 1.79. The molecule has 0 spiro atoms. The third-order valence-electron chi connectivity index (χ3n) is 3.75. The summed E-state index contributed by atoms with van der Waals surface area (Å²) in [7, 11) is 0. The summed E-state index contributed by atoms with van der Waals surface area (Å²) in [6, 6.07) is 8.54. The first-order valence-electron chi connectivity index (χ1n) is 6.91. The van der Waals surface area contributed by atoms with Crippen molar-refractivity contribution in [3.63, 3.8) is 0 Å². The third kappa shape index (κ3) is 2.92. The highest BCUT2D eigenvalue weighted by atomic mass is 16.2. The van der Waals surface area contributed by atoms with Crippen molar-refractivity contribution >= 4 is 5.91 Å². The van der Waals surface area contributed by atoms with Crippen molar-refractivity contribution in [1.29, 1.82) is 0 Å². The van der Waals surface area contributed by atoms with Gasteiger partial charge >= 0.3 is 0 Å². The fourth-order valence-electron chi connectivity index (χ4n) is 2.76. The van der Waals surface area contributed by atoms with E-state index in [-0.39, 0.29) is 0 Å². The highest BCUT2D eigenvalue weighted by molar-refractivity contribution is 5.76. The first kappa shape index (κ1) is 13.1. The lowest BCUT2D eigenvalue weighted by Gasteiger charge is -2.18. The van der Waals surface area contributed by atoms with Gasteiger partial charge < -0.3 is 4.90 Å². The molecule has 1 saturated heterocycles. The van der Waals surface area contributed by atoms with Crippen LogP contribution in [0.15, 0.2) is 24.3 Å². The summed E-state index contributed by atoms with van der Waals surface area (Å²) in [5.74, 6) is 1.30. The number of benzene rings is 1. The fourth-order valence-corrected chi connectivity index (χ4v) is 2.76. The molecule has 1 unspecified atom stereocenters. The van der Waals surface area contributed by atoms with Crippen molar-refractivity contribution in [2.45, 2.75) is 39.5 Å². The Hall–Kier alpha value is -1.31. The van der Waals surface area contributed by atoms with Gasteiger partial charge in [0.15, 0.2) is 0 Å². The van der Waals surface area contributed by atoms with Crippen LogP contribution in [0.25, 0.3) is 0 Å². The minimum atomic E-state index is 0.320. The minimum Gasteiger partial charge on any atom is -0.342 e. The first-order valence-corrected chi connectivity index (χ1v) is 6.91. The number of nitrogens with zero attached hydrogens (tertiary/aromatic N) is 1. The van der Waals surface area contributed by atoms with Gasteiger partial charge in [0.05, 0.1) is 0 Å². The number of hydrogen-bond acceptors (Lipinski definition) is 1. The number of carbonyl (C=O) groups excluding carboxylic acids is 1. The Morgan fingerprint density at radius 3 is 2.78 bits per heavy atom. The lowest BCUT2D eigenvalue weighted by atomic mass is 9.94. The fraction of sp³-hybridized carbons (Fsp3) is 0.562. The van der Waals surface area contributed by atoms with Crippen LogP contribution in [0.2, 0.25) is 0 Å². The largest absolute Gasteiger partial charge is 0.342 e. The topological polar surface area (TPSA) is 20.3 Å². The van der Waals surface area contributed by atoms with E-state index in [9.17, 15) is 4.79 Å². The van der Waals surface area contributed by atoms with Gasteiger partial charge in [0.25, 0.3) is 0 Å². The van der Waals surface area contributed by atoms with E-state index >= 15 is 0 Å². The molecule has 2 nitrogen and oxygen atoms in total. The highest BCUT2D eigenvalue weighted by Gasteiger charge is 2.27. The maximum Gasteiger partial charge on any atom is 0.222 e. The Morgan fingerprint density at radius 2 is 2.11 bits per heavy atom. The molecular weight excluding hydrogens is 222 g/mol. The van der Waals surface area contributed by atoms with Crippen molar-refractivity contribution < 1.29 is 4.79 Å². The summed E-state index contributed by atoms with van der Waals surface area (Å²) < 4.78 is 0. The van der Waals surface area contributed by atoms with Gasteiger partial charge in [-0.15, -0.1) is 0 Å². The highest BCUT2D eigenvalue weighted by Crippen LogP contribution is 2.29. The van der Waals surface area contributed by atoms with Gasteiger partial charge in [0.2, 0.25) is 5.91 Å². The van der Waals surface area contributed by atoms with Gasteiger partial charge in [-0.25, -0.2) is 0 Å². The lowest BCUT2D eigenvalue weighted by Crippen LogP contribution is -2.29. The quantitative estimate of drug-likeness (QED) is 0.799. The molecule has 0 saturated carbocycles. The molecule has 1 heterocycles. The Bertz CT molecular complexity index is 425. The van der Waals surface area contributed by atoms with Crippen molar-refractivity contribution in [2.24, 2.45) is 5.92 Å². The summed E-state index contributed by atoms with van der Waals surface area (Å²) in [4.78, 5) is 14.1. The number of carbonyl (C=O) groups is 1. The van der Waals surface area contributed by atoms with Gasteiger partial charge in [-0.3, -0.25) is 4.79 Å². The van der Waals surface area contributed by atoms with Gasteiger partial charge in [0, 0.05) is 25.4 Å². The van der Waals surface area contributed by atoms with E-state index in [1.807, 2.05) is 4.90 Å². The van der Waals surface area contributed by atoms with Crippen LogP contribution in [0, 0.1) is 12.8 Å². The molecule has 1 fully saturated rings. The van der Waals surface area contributed by atoms with E-state index in [0.717, 1.165) is 19.5 Å². The lowest BCUT2D eigenvalue weighted by molar-refractivity contribution is -0.130. The molecule has 0 N–H and O–H groups in total. The number of aryl methyl sites for hydroxylation is 1. The first-order chi connectivity index (χ1) is 8.58. The summed E-state index contributed by atoms with van der Waals surface area (Å²) in [5, 5.41) is 0. The molecule has 98 valence electrons. The van der Waals surface area contributed by atoms with E-state index in [4.69, 9.17) is 0 Å². The third-order valence-corrected chi connectivity index (χ3v) is 3.75. The second-order valence-corrected chi connectivity index (χ2v) is 5.78. The van der Waals surface area contributed by atoms with E-state index in [1.165, 1.54) is 11.1 Å². The molecule has 18 heavy (non-hydrogen) atoms. The van der Waals surface area contributed by atoms with Crippen LogP contribution in [-0.4, -0.2) is 23.9 Å². The van der Waals surface area contributed by atoms with Gasteiger partial charge in [-0.2, -0.15) is 0 Å². The van der Waals surface area contributed by atoms with E-state index in [0.29, 0.717) is 24.2 Å². The number of likely N-dealkylation sites (tertiary alicyclic amines) is 1. The molecule has 1 aliphatic rings. The molecule has 2 heteroatoms. The molecule has 0 aliphatic carbocycles. The number of rotatable bonds is 3. The van der Waals surface area contributed by atoms with E-state index in [1.54, 1.807) is 0 Å². The van der Waals surface area contributed by atoms with Crippen LogP contribution < -0.4 is 0 Å². The monoisotopic (exact) mass is 245 g/mol. The number of hydrogen-bond donors (Lipinski definition) is 0. The standard InChI is InChI=1S/C16H23NO/c1-12(2)10-16(18)17-9-8-14(11-17)15-7-5-4-6-13(15)3/h4-7,12,14H,8-11H2,1-3H3. The molecule has 1 atom stereocenters. The maximum atomic E-state index is 12.0. The van der Waals surface area contributed by atoms with Crippen molar-refractivity contribution in [2.75, 3.05) is 13.1 Å². The normalized spacial score (nSPS) is 19.6. The second-order valence-electron chi connectivity index (χ2n) is 5.78. The molecule has 0 bridgehead atoms.